The number of aromatic nitrogens is 3. The molecule has 0 radical (unpaired) electrons. The molecule has 10 heteroatoms. The molecular weight excluding hydrogens is 397 g/mol. The zero-order valence-corrected chi connectivity index (χ0v) is 15.6. The van der Waals surface area contributed by atoms with Gasteiger partial charge in [0.1, 0.15) is 5.82 Å². The van der Waals surface area contributed by atoms with Gasteiger partial charge in [-0.25, -0.2) is 18.2 Å². The van der Waals surface area contributed by atoms with Crippen molar-refractivity contribution < 1.29 is 18.0 Å². The molecule has 0 aliphatic carbocycles. The fraction of sp³-hybridized carbons (Fsp3) is 0.150. The van der Waals surface area contributed by atoms with E-state index in [1.54, 1.807) is 0 Å². The maximum Gasteiger partial charge on any atom is 0.266 e. The van der Waals surface area contributed by atoms with Crippen LogP contribution < -0.4 is 5.73 Å². The second-order valence-electron chi connectivity index (χ2n) is 6.64. The van der Waals surface area contributed by atoms with Crippen LogP contribution in [0.15, 0.2) is 60.2 Å². The number of likely N-dealkylation sites (N-methyl/N-ethyl adjacent to an activating group) is 1. The molecule has 2 N–H and O–H groups in total. The molecule has 1 unspecified atom stereocenters. The third-order valence-electron chi connectivity index (χ3n) is 4.89. The molecule has 1 aliphatic heterocycles. The molecule has 4 rings (SSSR count). The van der Waals surface area contributed by atoms with Gasteiger partial charge in [0, 0.05) is 48.5 Å². The van der Waals surface area contributed by atoms with E-state index in [4.69, 9.17) is 5.73 Å². The average molecular weight is 412 g/mol. The molecule has 1 aliphatic rings. The highest BCUT2D eigenvalue weighted by Crippen LogP contribution is 2.41. The first-order valence-corrected chi connectivity index (χ1v) is 8.78. The van der Waals surface area contributed by atoms with Crippen LogP contribution in [0.1, 0.15) is 23.1 Å². The molecule has 0 saturated carbocycles. The Bertz CT molecular complexity index is 1150. The summed E-state index contributed by atoms with van der Waals surface area (Å²) in [4.78, 5) is 30.5. The Morgan fingerprint density at radius 1 is 1.07 bits per heavy atom. The van der Waals surface area contributed by atoms with E-state index in [1.807, 2.05) is 0 Å². The van der Waals surface area contributed by atoms with Crippen molar-refractivity contribution in [1.82, 2.24) is 19.9 Å². The number of aliphatic imine (C=N–C) groups is 1. The predicted molar refractivity (Wildman–Crippen MR) is 102 cm³/mol. The zero-order chi connectivity index (χ0) is 21.5. The number of guanidine groups is 1. The first kappa shape index (κ1) is 19.5. The van der Waals surface area contributed by atoms with Gasteiger partial charge in [0.25, 0.3) is 12.3 Å². The van der Waals surface area contributed by atoms with Crippen LogP contribution in [-0.4, -0.2) is 38.8 Å². The number of benzene rings is 1. The van der Waals surface area contributed by atoms with E-state index >= 15 is 0 Å². The number of nitrogens with two attached hydrogens (primary N) is 1. The summed E-state index contributed by atoms with van der Waals surface area (Å²) < 4.78 is 41.1. The Hall–Kier alpha value is -3.82. The van der Waals surface area contributed by atoms with Gasteiger partial charge < -0.3 is 5.73 Å². The van der Waals surface area contributed by atoms with Gasteiger partial charge in [-0.05, 0) is 23.8 Å². The van der Waals surface area contributed by atoms with E-state index in [2.05, 4.69) is 19.9 Å². The fourth-order valence-electron chi connectivity index (χ4n) is 3.34. The number of nitrogens with zero attached hydrogens (tertiary/aromatic N) is 5. The summed E-state index contributed by atoms with van der Waals surface area (Å²) in [7, 11) is 1.42. The molecule has 30 heavy (non-hydrogen) atoms. The summed E-state index contributed by atoms with van der Waals surface area (Å²) >= 11 is 0. The Labute approximate surface area is 169 Å². The molecule has 7 nitrogen and oxygen atoms in total. The lowest BCUT2D eigenvalue weighted by Crippen LogP contribution is -2.41. The van der Waals surface area contributed by atoms with Crippen LogP contribution in [0.4, 0.5) is 13.2 Å². The monoisotopic (exact) mass is 412 g/mol. The number of amides is 1. The van der Waals surface area contributed by atoms with Gasteiger partial charge in [0.2, 0.25) is 0 Å². The molecule has 1 amide bonds. The number of hydrogen-bond donors (Lipinski definition) is 1. The minimum atomic E-state index is -2.80. The largest absolute Gasteiger partial charge is 0.369 e. The first-order valence-electron chi connectivity index (χ1n) is 8.78. The van der Waals surface area contributed by atoms with Gasteiger partial charge in [-0.15, -0.1) is 0 Å². The molecule has 0 spiro atoms. The van der Waals surface area contributed by atoms with E-state index in [0.29, 0.717) is 0 Å². The van der Waals surface area contributed by atoms with Crippen LogP contribution in [0.5, 0.6) is 0 Å². The molecule has 3 aromatic rings. The third kappa shape index (κ3) is 2.97. The standard InChI is InChI=1S/C20H15F3N6O/c1-29-18(30)20(28-19(29)24,13-6-11(17(22)23)8-26-9-13)12-2-3-15(21)14(7-12)16-10-25-4-5-27-16/h2-10,17H,1H3,(H2,24,28). The lowest BCUT2D eigenvalue weighted by atomic mass is 9.82. The summed E-state index contributed by atoms with van der Waals surface area (Å²) in [6, 6.07) is 5.06. The zero-order valence-electron chi connectivity index (χ0n) is 15.6. The fourth-order valence-corrected chi connectivity index (χ4v) is 3.34. The molecule has 1 atom stereocenters. The maximum absolute atomic E-state index is 14.6. The third-order valence-corrected chi connectivity index (χ3v) is 4.89. The summed E-state index contributed by atoms with van der Waals surface area (Å²) in [6.45, 7) is 0. The smallest absolute Gasteiger partial charge is 0.266 e. The number of hydrogen-bond acceptors (Lipinski definition) is 6. The number of rotatable bonds is 4. The van der Waals surface area contributed by atoms with Gasteiger partial charge in [0.15, 0.2) is 11.5 Å². The molecule has 0 fully saturated rings. The van der Waals surface area contributed by atoms with Gasteiger partial charge in [0.05, 0.1) is 11.9 Å². The second-order valence-corrected chi connectivity index (χ2v) is 6.64. The first-order chi connectivity index (χ1) is 14.3. The molecule has 3 heterocycles. The van der Waals surface area contributed by atoms with Crippen LogP contribution >= 0.6 is 0 Å². The number of carbonyl (C=O) groups excluding carboxylic acids is 1. The predicted octanol–water partition coefficient (Wildman–Crippen LogP) is 2.65. The van der Waals surface area contributed by atoms with E-state index in [0.717, 1.165) is 23.2 Å². The Morgan fingerprint density at radius 3 is 2.50 bits per heavy atom. The van der Waals surface area contributed by atoms with Gasteiger partial charge in [-0.1, -0.05) is 6.07 Å². The van der Waals surface area contributed by atoms with Crippen molar-refractivity contribution in [2.45, 2.75) is 12.0 Å². The number of carbonyl (C=O) groups is 1. The van der Waals surface area contributed by atoms with Crippen LogP contribution in [0.2, 0.25) is 0 Å². The van der Waals surface area contributed by atoms with Crippen LogP contribution in [0.3, 0.4) is 0 Å². The summed E-state index contributed by atoms with van der Waals surface area (Å²) in [6.07, 6.45) is 3.69. The van der Waals surface area contributed by atoms with E-state index < -0.39 is 23.7 Å². The topological polar surface area (TPSA) is 97.4 Å². The molecule has 0 bridgehead atoms. The quantitative estimate of drug-likeness (QED) is 0.711. The number of alkyl halides is 2. The number of halogens is 3. The van der Waals surface area contributed by atoms with Crippen molar-refractivity contribution in [2.75, 3.05) is 7.05 Å². The normalized spacial score (nSPS) is 18.8. The molecule has 1 aromatic carbocycles. The number of pyridine rings is 1. The van der Waals surface area contributed by atoms with E-state index in [-0.39, 0.29) is 33.9 Å². The molecule has 152 valence electrons. The van der Waals surface area contributed by atoms with Crippen molar-refractivity contribution in [3.05, 3.63) is 77.8 Å². The molecular formula is C20H15F3N6O. The summed E-state index contributed by atoms with van der Waals surface area (Å²) in [5.41, 5.74) is 4.36. The highest BCUT2D eigenvalue weighted by Gasteiger charge is 2.50. The lowest BCUT2D eigenvalue weighted by Gasteiger charge is -2.26. The van der Waals surface area contributed by atoms with Crippen molar-refractivity contribution >= 4 is 11.9 Å². The van der Waals surface area contributed by atoms with Crippen molar-refractivity contribution in [3.63, 3.8) is 0 Å². The minimum Gasteiger partial charge on any atom is -0.369 e. The van der Waals surface area contributed by atoms with E-state index in [1.165, 1.54) is 44.0 Å². The van der Waals surface area contributed by atoms with Gasteiger partial charge >= 0.3 is 0 Å². The molecule has 0 saturated heterocycles. The Kier molecular flexibility index (Phi) is 4.69. The Morgan fingerprint density at radius 2 is 1.87 bits per heavy atom. The minimum absolute atomic E-state index is 0.0778. The lowest BCUT2D eigenvalue weighted by molar-refractivity contribution is -0.129. The van der Waals surface area contributed by atoms with Gasteiger partial charge in [-0.2, -0.15) is 0 Å². The summed E-state index contributed by atoms with van der Waals surface area (Å²) in [5.74, 6) is -1.28. The Balaban J connectivity index is 1.98. The van der Waals surface area contributed by atoms with Crippen molar-refractivity contribution in [1.29, 1.82) is 0 Å². The maximum atomic E-state index is 14.6. The highest BCUT2D eigenvalue weighted by atomic mass is 19.3. The van der Waals surface area contributed by atoms with Crippen LogP contribution in [0, 0.1) is 5.82 Å². The molecule has 2 aromatic heterocycles. The highest BCUT2D eigenvalue weighted by molar-refractivity contribution is 6.09. The van der Waals surface area contributed by atoms with Crippen LogP contribution in [0.25, 0.3) is 11.3 Å². The SMILES string of the molecule is CN1C(=O)C(c2cncc(C(F)F)c2)(c2ccc(F)c(-c3cnccn3)c2)N=C1N. The van der Waals surface area contributed by atoms with Crippen LogP contribution in [-0.2, 0) is 10.3 Å². The summed E-state index contributed by atoms with van der Waals surface area (Å²) in [5, 5.41) is 0. The van der Waals surface area contributed by atoms with Crippen molar-refractivity contribution in [2.24, 2.45) is 10.7 Å². The van der Waals surface area contributed by atoms with E-state index in [9.17, 15) is 18.0 Å². The van der Waals surface area contributed by atoms with Gasteiger partial charge in [-0.3, -0.25) is 24.6 Å². The average Bonchev–Trinajstić information content (AvgIpc) is 2.99. The van der Waals surface area contributed by atoms with Crippen molar-refractivity contribution in [3.8, 4) is 11.3 Å². The second kappa shape index (κ2) is 7.21.